The molecule has 0 aromatic carbocycles. The highest BCUT2D eigenvalue weighted by Gasteiger charge is 2.29. The Hall–Kier alpha value is -1.62. The maximum absolute atomic E-state index is 12.5. The van der Waals surface area contributed by atoms with Gasteiger partial charge in [0.2, 0.25) is 0 Å². The molecule has 10 heteroatoms. The van der Waals surface area contributed by atoms with E-state index in [1.54, 1.807) is 7.11 Å². The summed E-state index contributed by atoms with van der Waals surface area (Å²) in [5.41, 5.74) is 0. The van der Waals surface area contributed by atoms with E-state index in [2.05, 4.69) is 17.6 Å². The molecule has 2 aliphatic carbocycles. The Labute approximate surface area is 248 Å². The number of rotatable bonds is 19. The van der Waals surface area contributed by atoms with Gasteiger partial charge in [-0.2, -0.15) is 0 Å². The van der Waals surface area contributed by atoms with Gasteiger partial charge in [-0.25, -0.2) is 9.59 Å². The first-order valence-electron chi connectivity index (χ1n) is 16.0. The molecule has 7 unspecified atom stereocenters. The third-order valence-electron chi connectivity index (χ3n) is 7.91. The summed E-state index contributed by atoms with van der Waals surface area (Å²) in [5.74, 6) is 1.20. The monoisotopic (exact) mass is 586 g/mol. The molecule has 0 aromatic rings. The molecule has 7 atom stereocenters. The summed E-state index contributed by atoms with van der Waals surface area (Å²) in [4.78, 5) is 24.6. The number of amides is 2. The smallest absolute Gasteiger partial charge is 0.407 e. The van der Waals surface area contributed by atoms with Crippen molar-refractivity contribution < 1.29 is 38.0 Å². The number of alkyl carbamates (subject to hydrolysis) is 2. The number of nitrogens with one attached hydrogen (secondary N) is 2. The molecule has 2 saturated carbocycles. The molecule has 0 aliphatic heterocycles. The van der Waals surface area contributed by atoms with Gasteiger partial charge >= 0.3 is 12.2 Å². The van der Waals surface area contributed by atoms with Gasteiger partial charge in [0.1, 0.15) is 6.10 Å². The fraction of sp³-hybridized carbons (Fsp3) is 0.935. The fourth-order valence-electron chi connectivity index (χ4n) is 5.87. The minimum absolute atomic E-state index is 0.0341. The lowest BCUT2D eigenvalue weighted by molar-refractivity contribution is -0.0655. The van der Waals surface area contributed by atoms with E-state index in [0.29, 0.717) is 51.5 Å². The highest BCUT2D eigenvalue weighted by molar-refractivity contribution is 5.68. The first-order chi connectivity index (χ1) is 19.8. The van der Waals surface area contributed by atoms with Gasteiger partial charge in [0, 0.05) is 19.2 Å². The lowest BCUT2D eigenvalue weighted by atomic mass is 9.75. The van der Waals surface area contributed by atoms with Crippen LogP contribution >= 0.6 is 0 Å². The van der Waals surface area contributed by atoms with Crippen LogP contribution in [0.15, 0.2) is 0 Å². The first-order valence-corrected chi connectivity index (χ1v) is 16.0. The quantitative estimate of drug-likeness (QED) is 0.188. The zero-order chi connectivity index (χ0) is 29.9. The minimum atomic E-state index is -0.373. The molecule has 0 aromatic heterocycles. The molecule has 2 amide bonds. The Morgan fingerprint density at radius 1 is 0.756 bits per heavy atom. The van der Waals surface area contributed by atoms with Crippen molar-refractivity contribution in [3.63, 3.8) is 0 Å². The van der Waals surface area contributed by atoms with Crippen LogP contribution in [-0.2, 0) is 28.4 Å². The number of unbranched alkanes of at least 4 members (excludes halogenated alkanes) is 1. The molecule has 2 fully saturated rings. The molecule has 10 nitrogen and oxygen atoms in total. The third-order valence-corrected chi connectivity index (χ3v) is 7.91. The summed E-state index contributed by atoms with van der Waals surface area (Å²) in [5, 5.41) is 6.16. The van der Waals surface area contributed by atoms with Gasteiger partial charge in [-0.15, -0.1) is 0 Å². The van der Waals surface area contributed by atoms with Gasteiger partial charge in [0.25, 0.3) is 0 Å². The predicted molar refractivity (Wildman–Crippen MR) is 158 cm³/mol. The zero-order valence-corrected chi connectivity index (χ0v) is 26.3. The van der Waals surface area contributed by atoms with Gasteiger partial charge in [-0.1, -0.05) is 39.0 Å². The Morgan fingerprint density at radius 3 is 2.02 bits per heavy atom. The molecule has 240 valence electrons. The van der Waals surface area contributed by atoms with Crippen molar-refractivity contribution in [3.8, 4) is 0 Å². The van der Waals surface area contributed by atoms with Crippen LogP contribution in [0.1, 0.15) is 98.3 Å². The molecule has 0 heterocycles. The van der Waals surface area contributed by atoms with Gasteiger partial charge in [-0.05, 0) is 71.1 Å². The number of methoxy groups -OCH3 is 1. The second-order valence-electron chi connectivity index (χ2n) is 12.0. The van der Waals surface area contributed by atoms with Crippen LogP contribution in [0, 0.1) is 11.8 Å². The predicted octanol–water partition coefficient (Wildman–Crippen LogP) is 5.61. The van der Waals surface area contributed by atoms with E-state index in [0.717, 1.165) is 57.8 Å². The van der Waals surface area contributed by atoms with Crippen LogP contribution in [0.5, 0.6) is 0 Å². The molecule has 0 saturated heterocycles. The molecule has 2 rings (SSSR count). The van der Waals surface area contributed by atoms with Crippen molar-refractivity contribution in [1.29, 1.82) is 0 Å². The van der Waals surface area contributed by atoms with Crippen LogP contribution in [-0.4, -0.2) is 89.3 Å². The average molecular weight is 587 g/mol. The Bertz CT molecular complexity index is 712. The summed E-state index contributed by atoms with van der Waals surface area (Å²) in [6.07, 6.45) is 10.7. The molecule has 0 bridgehead atoms. The summed E-state index contributed by atoms with van der Waals surface area (Å²) in [6.45, 7) is 10.6. The van der Waals surface area contributed by atoms with Crippen molar-refractivity contribution >= 4 is 12.2 Å². The van der Waals surface area contributed by atoms with Crippen LogP contribution in [0.2, 0.25) is 0 Å². The second-order valence-corrected chi connectivity index (χ2v) is 12.0. The summed E-state index contributed by atoms with van der Waals surface area (Å²) >= 11 is 0. The van der Waals surface area contributed by atoms with E-state index in [1.165, 1.54) is 12.8 Å². The molecule has 2 N–H and O–H groups in total. The van der Waals surface area contributed by atoms with E-state index in [1.807, 2.05) is 20.8 Å². The normalized spacial score (nSPS) is 25.1. The molecular formula is C31H58N2O8. The largest absolute Gasteiger partial charge is 0.450 e. The van der Waals surface area contributed by atoms with E-state index in [9.17, 15) is 9.59 Å². The lowest BCUT2D eigenvalue weighted by Gasteiger charge is -2.35. The van der Waals surface area contributed by atoms with Crippen molar-refractivity contribution in [2.45, 2.75) is 129 Å². The number of hydrogen-bond acceptors (Lipinski definition) is 8. The van der Waals surface area contributed by atoms with Crippen molar-refractivity contribution in [2.75, 3.05) is 46.8 Å². The molecule has 0 spiro atoms. The first kappa shape index (κ1) is 35.6. The summed E-state index contributed by atoms with van der Waals surface area (Å²) in [6, 6.07) is 0.349. The Balaban J connectivity index is 1.57. The average Bonchev–Trinajstić information content (AvgIpc) is 2.92. The van der Waals surface area contributed by atoms with Crippen molar-refractivity contribution in [2.24, 2.45) is 11.8 Å². The highest BCUT2D eigenvalue weighted by atomic mass is 16.6. The number of ether oxygens (including phenoxy) is 6. The van der Waals surface area contributed by atoms with E-state index in [-0.39, 0.29) is 42.6 Å². The van der Waals surface area contributed by atoms with Crippen molar-refractivity contribution in [3.05, 3.63) is 0 Å². The Morgan fingerprint density at radius 2 is 1.39 bits per heavy atom. The van der Waals surface area contributed by atoms with Gasteiger partial charge in [-0.3, -0.25) is 0 Å². The molecule has 0 radical (unpaired) electrons. The van der Waals surface area contributed by atoms with E-state index < -0.39 is 0 Å². The van der Waals surface area contributed by atoms with Crippen LogP contribution in [0.25, 0.3) is 0 Å². The SMILES string of the molecule is CCCCOC(=O)NC1CCCC(CC2CCCC(NC(=O)OC(C)COCCOC(C)COC(C)COC)C2)C1. The summed E-state index contributed by atoms with van der Waals surface area (Å²) < 4.78 is 32.9. The highest BCUT2D eigenvalue weighted by Crippen LogP contribution is 2.35. The zero-order valence-electron chi connectivity index (χ0n) is 26.3. The second kappa shape index (κ2) is 21.1. The van der Waals surface area contributed by atoms with Crippen LogP contribution in [0.4, 0.5) is 9.59 Å². The van der Waals surface area contributed by atoms with Gasteiger partial charge in [0.15, 0.2) is 0 Å². The maximum Gasteiger partial charge on any atom is 0.407 e. The van der Waals surface area contributed by atoms with E-state index in [4.69, 9.17) is 28.4 Å². The Kier molecular flexibility index (Phi) is 18.3. The van der Waals surface area contributed by atoms with E-state index >= 15 is 0 Å². The number of hydrogen-bond donors (Lipinski definition) is 2. The third kappa shape index (κ3) is 16.6. The molecule has 2 aliphatic rings. The summed E-state index contributed by atoms with van der Waals surface area (Å²) in [7, 11) is 1.65. The van der Waals surface area contributed by atoms with Crippen LogP contribution in [0.3, 0.4) is 0 Å². The topological polar surface area (TPSA) is 114 Å². The number of carbonyl (C=O) groups excluding carboxylic acids is 2. The van der Waals surface area contributed by atoms with Crippen LogP contribution < -0.4 is 10.6 Å². The minimum Gasteiger partial charge on any atom is -0.450 e. The fourth-order valence-corrected chi connectivity index (χ4v) is 5.87. The molecular weight excluding hydrogens is 528 g/mol. The van der Waals surface area contributed by atoms with Crippen molar-refractivity contribution in [1.82, 2.24) is 10.6 Å². The lowest BCUT2D eigenvalue weighted by Crippen LogP contribution is -2.41. The maximum atomic E-state index is 12.5. The standard InChI is InChI=1S/C31H58N2O8/c1-6-7-14-39-30(34)32-28-12-8-10-26(18-28)17-27-11-9-13-29(19-27)33-31(35)41-25(4)21-37-15-16-38-24(3)22-40-23(2)20-36-5/h23-29H,6-22H2,1-5H3,(H,32,34)(H,33,35). The van der Waals surface area contributed by atoms with Gasteiger partial charge < -0.3 is 39.1 Å². The number of carbonyl (C=O) groups is 2. The van der Waals surface area contributed by atoms with Gasteiger partial charge in [0.05, 0.1) is 51.8 Å². The molecule has 41 heavy (non-hydrogen) atoms.